The van der Waals surface area contributed by atoms with Crippen molar-refractivity contribution in [1.29, 1.82) is 0 Å². The third kappa shape index (κ3) is 4.24. The van der Waals surface area contributed by atoms with Gasteiger partial charge < -0.3 is 10.4 Å². The lowest BCUT2D eigenvalue weighted by Gasteiger charge is -2.14. The van der Waals surface area contributed by atoms with Gasteiger partial charge in [-0.1, -0.05) is 91.0 Å². The highest BCUT2D eigenvalue weighted by atomic mass is 16.3. The van der Waals surface area contributed by atoms with E-state index >= 15 is 0 Å². The zero-order chi connectivity index (χ0) is 26.2. The quantitative estimate of drug-likeness (QED) is 0.182. The molecule has 0 saturated heterocycles. The summed E-state index contributed by atoms with van der Waals surface area (Å²) < 4.78 is 0. The summed E-state index contributed by atoms with van der Waals surface area (Å²) in [7, 11) is 0. The van der Waals surface area contributed by atoms with E-state index in [0.29, 0.717) is 12.1 Å². The summed E-state index contributed by atoms with van der Waals surface area (Å²) in [5, 5.41) is 23.8. The van der Waals surface area contributed by atoms with Crippen molar-refractivity contribution in [2.24, 2.45) is 4.99 Å². The van der Waals surface area contributed by atoms with Gasteiger partial charge in [-0.25, -0.2) is 0 Å². The Morgan fingerprint density at radius 1 is 0.564 bits per heavy atom. The summed E-state index contributed by atoms with van der Waals surface area (Å²) >= 11 is 0. The maximum atomic E-state index is 11.1. The molecule has 0 atom stereocenters. The number of fused-ring (bicyclic) bond motifs is 4. The van der Waals surface area contributed by atoms with Gasteiger partial charge in [0.25, 0.3) is 0 Å². The molecule has 0 fully saturated rings. The number of rotatable bonds is 5. The molecule has 7 aromatic carbocycles. The molecule has 0 amide bonds. The fourth-order valence-electron chi connectivity index (χ4n) is 5.48. The van der Waals surface area contributed by atoms with Crippen LogP contribution in [0.2, 0.25) is 0 Å². The van der Waals surface area contributed by atoms with Crippen molar-refractivity contribution in [3.63, 3.8) is 0 Å². The molecule has 7 rings (SSSR count). The molecule has 0 spiro atoms. The summed E-state index contributed by atoms with van der Waals surface area (Å²) in [6.45, 7) is 0.669. The fraction of sp³-hybridized carbons (Fsp3) is 0.0278. The lowest BCUT2D eigenvalue weighted by atomic mass is 9.96. The summed E-state index contributed by atoms with van der Waals surface area (Å²) in [4.78, 5) is 4.80. The molecule has 3 heteroatoms. The predicted octanol–water partition coefficient (Wildman–Crippen LogP) is 9.37. The number of anilines is 1. The first-order valence-electron chi connectivity index (χ1n) is 13.2. The normalized spacial score (nSPS) is 11.7. The van der Waals surface area contributed by atoms with Gasteiger partial charge in [-0.2, -0.15) is 0 Å². The van der Waals surface area contributed by atoms with Crippen molar-refractivity contribution in [3.8, 4) is 5.75 Å². The van der Waals surface area contributed by atoms with E-state index in [-0.39, 0.29) is 5.75 Å². The number of para-hydroxylation sites is 2. The molecule has 39 heavy (non-hydrogen) atoms. The lowest BCUT2D eigenvalue weighted by Crippen LogP contribution is -2.01. The molecule has 0 bridgehead atoms. The molecule has 0 aliphatic carbocycles. The van der Waals surface area contributed by atoms with E-state index < -0.39 is 0 Å². The highest BCUT2D eigenvalue weighted by molar-refractivity contribution is 6.05. The molecule has 7 aromatic rings. The van der Waals surface area contributed by atoms with Gasteiger partial charge in [0.15, 0.2) is 0 Å². The van der Waals surface area contributed by atoms with Crippen LogP contribution in [0, 0.1) is 0 Å². The van der Waals surface area contributed by atoms with Crippen LogP contribution in [-0.2, 0) is 6.54 Å². The van der Waals surface area contributed by atoms with Crippen LogP contribution in [-0.4, -0.2) is 11.3 Å². The van der Waals surface area contributed by atoms with Crippen LogP contribution in [0.1, 0.15) is 11.1 Å². The first-order chi connectivity index (χ1) is 19.2. The summed E-state index contributed by atoms with van der Waals surface area (Å²) in [6.07, 6.45) is 1.75. The standard InChI is InChI=1S/C36H26N2O/c39-36-29(18-17-28-19-24-9-1-2-10-25(24)21-32(28)36)22-37-34-15-7-8-16-35(34)38-23-33-30-13-5-3-11-26(30)20-27-12-4-6-14-31(27)33/h1-22,38-39H,23H2. The van der Waals surface area contributed by atoms with Crippen molar-refractivity contribution < 1.29 is 5.11 Å². The van der Waals surface area contributed by atoms with Gasteiger partial charge in [-0.05, 0) is 79.7 Å². The molecule has 0 aliphatic heterocycles. The second-order valence-corrected chi connectivity index (χ2v) is 9.85. The second-order valence-electron chi connectivity index (χ2n) is 9.85. The van der Waals surface area contributed by atoms with Crippen LogP contribution < -0.4 is 5.32 Å². The van der Waals surface area contributed by atoms with Crippen LogP contribution in [0.3, 0.4) is 0 Å². The summed E-state index contributed by atoms with van der Waals surface area (Å²) in [5.74, 6) is 0.245. The molecule has 2 N–H and O–H groups in total. The molecule has 3 nitrogen and oxygen atoms in total. The van der Waals surface area contributed by atoms with Crippen molar-refractivity contribution in [2.75, 3.05) is 5.32 Å². The number of phenolic OH excluding ortho intramolecular Hbond substituents is 1. The molecule has 0 radical (unpaired) electrons. The third-order valence-electron chi connectivity index (χ3n) is 7.47. The summed E-state index contributed by atoms with van der Waals surface area (Å²) in [6, 6.07) is 43.7. The second kappa shape index (κ2) is 9.62. The number of nitrogens with one attached hydrogen (secondary N) is 1. The van der Waals surface area contributed by atoms with Gasteiger partial charge >= 0.3 is 0 Å². The molecule has 186 valence electrons. The van der Waals surface area contributed by atoms with E-state index in [2.05, 4.69) is 78.1 Å². The highest BCUT2D eigenvalue weighted by Gasteiger charge is 2.10. The molecular formula is C36H26N2O. The minimum atomic E-state index is 0.245. The Morgan fingerprint density at radius 2 is 1.13 bits per heavy atom. The van der Waals surface area contributed by atoms with Crippen LogP contribution >= 0.6 is 0 Å². The zero-order valence-corrected chi connectivity index (χ0v) is 21.3. The van der Waals surface area contributed by atoms with Crippen molar-refractivity contribution >= 4 is 60.7 Å². The Balaban J connectivity index is 1.22. The Kier molecular flexibility index (Phi) is 5.68. The number of hydrogen-bond acceptors (Lipinski definition) is 3. The minimum absolute atomic E-state index is 0.245. The smallest absolute Gasteiger partial charge is 0.132 e. The highest BCUT2D eigenvalue weighted by Crippen LogP contribution is 2.33. The third-order valence-corrected chi connectivity index (χ3v) is 7.47. The first-order valence-corrected chi connectivity index (χ1v) is 13.2. The van der Waals surface area contributed by atoms with Gasteiger partial charge in [-0.15, -0.1) is 0 Å². The largest absolute Gasteiger partial charge is 0.507 e. The zero-order valence-electron chi connectivity index (χ0n) is 21.3. The van der Waals surface area contributed by atoms with Crippen LogP contribution in [0.5, 0.6) is 5.75 Å². The van der Waals surface area contributed by atoms with Crippen molar-refractivity contribution in [2.45, 2.75) is 6.54 Å². The van der Waals surface area contributed by atoms with Gasteiger partial charge in [0.1, 0.15) is 5.75 Å². The van der Waals surface area contributed by atoms with Gasteiger partial charge in [0, 0.05) is 23.7 Å². The Morgan fingerprint density at radius 3 is 1.87 bits per heavy atom. The van der Waals surface area contributed by atoms with E-state index in [9.17, 15) is 5.11 Å². The van der Waals surface area contributed by atoms with Crippen molar-refractivity contribution in [1.82, 2.24) is 0 Å². The molecule has 0 aromatic heterocycles. The maximum Gasteiger partial charge on any atom is 0.132 e. The fourth-order valence-corrected chi connectivity index (χ4v) is 5.48. The SMILES string of the molecule is Oc1c(C=Nc2ccccc2NCc2c3ccccc3cc3ccccc23)ccc2cc3ccccc3cc12. The van der Waals surface area contributed by atoms with E-state index in [1.165, 1.54) is 27.1 Å². The topological polar surface area (TPSA) is 44.6 Å². The maximum absolute atomic E-state index is 11.1. The lowest BCUT2D eigenvalue weighted by molar-refractivity contribution is 0.481. The number of phenols is 1. The number of benzene rings is 7. The van der Waals surface area contributed by atoms with Gasteiger partial charge in [0.2, 0.25) is 0 Å². The average Bonchev–Trinajstić information content (AvgIpc) is 2.98. The molecule has 0 unspecified atom stereocenters. The molecular weight excluding hydrogens is 476 g/mol. The van der Waals surface area contributed by atoms with Gasteiger partial charge in [0.05, 0.1) is 11.4 Å². The van der Waals surface area contributed by atoms with Crippen LogP contribution in [0.25, 0.3) is 43.1 Å². The van der Waals surface area contributed by atoms with E-state index in [0.717, 1.165) is 32.9 Å². The van der Waals surface area contributed by atoms with E-state index in [4.69, 9.17) is 4.99 Å². The first kappa shape index (κ1) is 23.0. The number of aliphatic imine (C=N–C) groups is 1. The molecule has 0 saturated carbocycles. The Labute approximate surface area is 226 Å². The Hall–Kier alpha value is -5.15. The molecule has 0 aliphatic rings. The van der Waals surface area contributed by atoms with Crippen LogP contribution in [0.15, 0.2) is 132 Å². The minimum Gasteiger partial charge on any atom is -0.507 e. The monoisotopic (exact) mass is 502 g/mol. The van der Waals surface area contributed by atoms with E-state index in [1.54, 1.807) is 6.21 Å². The van der Waals surface area contributed by atoms with Gasteiger partial charge in [-0.3, -0.25) is 4.99 Å². The van der Waals surface area contributed by atoms with Crippen molar-refractivity contribution in [3.05, 3.63) is 139 Å². The predicted molar refractivity (Wildman–Crippen MR) is 166 cm³/mol. The summed E-state index contributed by atoms with van der Waals surface area (Å²) in [5.41, 5.74) is 3.71. The number of nitrogens with zero attached hydrogens (tertiary/aromatic N) is 1. The van der Waals surface area contributed by atoms with Crippen LogP contribution in [0.4, 0.5) is 11.4 Å². The van der Waals surface area contributed by atoms with E-state index in [1.807, 2.05) is 54.6 Å². The average molecular weight is 503 g/mol. The Bertz CT molecular complexity index is 1990. The number of aromatic hydroxyl groups is 1. The molecule has 0 heterocycles. The number of hydrogen-bond donors (Lipinski definition) is 2.